The molecule has 0 radical (unpaired) electrons. The average Bonchev–Trinajstić information content (AvgIpc) is 2.91. The number of nitrogens with one attached hydrogen (secondary N) is 1. The van der Waals surface area contributed by atoms with E-state index in [1.54, 1.807) is 10.9 Å². The van der Waals surface area contributed by atoms with Crippen molar-refractivity contribution in [3.8, 4) is 0 Å². The van der Waals surface area contributed by atoms with E-state index in [1.165, 1.54) is 12.8 Å². The van der Waals surface area contributed by atoms with Crippen molar-refractivity contribution in [1.29, 1.82) is 0 Å². The molecule has 1 atom stereocenters. The highest BCUT2D eigenvalue weighted by Gasteiger charge is 2.44. The van der Waals surface area contributed by atoms with Crippen molar-refractivity contribution in [2.24, 2.45) is 12.9 Å². The summed E-state index contributed by atoms with van der Waals surface area (Å²) < 4.78 is 1.80. The second kappa shape index (κ2) is 4.72. The van der Waals surface area contributed by atoms with E-state index < -0.39 is 0 Å². The van der Waals surface area contributed by atoms with Gasteiger partial charge in [-0.2, -0.15) is 0 Å². The monoisotopic (exact) mass is 238 g/mol. The van der Waals surface area contributed by atoms with Crippen molar-refractivity contribution < 1.29 is 0 Å². The Morgan fingerprint density at radius 2 is 2.12 bits per heavy atom. The van der Waals surface area contributed by atoms with Gasteiger partial charge in [-0.3, -0.25) is 10.5 Å². The SMILES string of the molecule is CN(C)C1(C(NN)c2cnnn2C)CCCC1. The van der Waals surface area contributed by atoms with Crippen LogP contribution in [0.5, 0.6) is 0 Å². The molecule has 0 bridgehead atoms. The van der Waals surface area contributed by atoms with Crippen LogP contribution in [0.1, 0.15) is 37.4 Å². The van der Waals surface area contributed by atoms with Crippen molar-refractivity contribution in [2.45, 2.75) is 37.3 Å². The minimum Gasteiger partial charge on any atom is -0.302 e. The van der Waals surface area contributed by atoms with Gasteiger partial charge in [0.05, 0.1) is 17.9 Å². The van der Waals surface area contributed by atoms with Crippen LogP contribution in [-0.2, 0) is 7.05 Å². The van der Waals surface area contributed by atoms with Crippen LogP contribution in [0.25, 0.3) is 0 Å². The molecule has 6 heteroatoms. The summed E-state index contributed by atoms with van der Waals surface area (Å²) in [7, 11) is 6.16. The number of hydrogen-bond donors (Lipinski definition) is 2. The lowest BCUT2D eigenvalue weighted by molar-refractivity contribution is 0.101. The lowest BCUT2D eigenvalue weighted by Gasteiger charge is -2.42. The molecular formula is C11H22N6. The van der Waals surface area contributed by atoms with Crippen LogP contribution < -0.4 is 11.3 Å². The van der Waals surface area contributed by atoms with E-state index in [-0.39, 0.29) is 11.6 Å². The van der Waals surface area contributed by atoms with Crippen LogP contribution in [0.3, 0.4) is 0 Å². The van der Waals surface area contributed by atoms with Gasteiger partial charge in [-0.05, 0) is 26.9 Å². The van der Waals surface area contributed by atoms with E-state index in [4.69, 9.17) is 5.84 Å². The molecule has 0 spiro atoms. The summed E-state index contributed by atoms with van der Waals surface area (Å²) in [6.45, 7) is 0. The van der Waals surface area contributed by atoms with Crippen LogP contribution in [0, 0.1) is 0 Å². The van der Waals surface area contributed by atoms with Crippen LogP contribution in [0.2, 0.25) is 0 Å². The van der Waals surface area contributed by atoms with Gasteiger partial charge in [-0.15, -0.1) is 5.10 Å². The minimum absolute atomic E-state index is 0.0694. The predicted molar refractivity (Wildman–Crippen MR) is 66.0 cm³/mol. The summed E-state index contributed by atoms with van der Waals surface area (Å²) >= 11 is 0. The molecule has 1 fully saturated rings. The van der Waals surface area contributed by atoms with Gasteiger partial charge in [0.2, 0.25) is 0 Å². The second-order valence-corrected chi connectivity index (χ2v) is 5.09. The summed E-state index contributed by atoms with van der Waals surface area (Å²) in [6.07, 6.45) is 6.61. The van der Waals surface area contributed by atoms with Crippen LogP contribution >= 0.6 is 0 Å². The Hall–Kier alpha value is -0.980. The standard InChI is InChI=1S/C11H22N6/c1-16(2)11(6-4-5-7-11)10(14-12)9-8-13-15-17(9)3/h8,10,14H,4-7,12H2,1-3H3. The average molecular weight is 238 g/mol. The Balaban J connectivity index is 2.37. The maximum Gasteiger partial charge on any atom is 0.0828 e. The van der Waals surface area contributed by atoms with Gasteiger partial charge >= 0.3 is 0 Å². The first-order chi connectivity index (χ1) is 8.12. The van der Waals surface area contributed by atoms with E-state index in [0.29, 0.717) is 0 Å². The van der Waals surface area contributed by atoms with Gasteiger partial charge in [-0.25, -0.2) is 5.43 Å². The molecule has 17 heavy (non-hydrogen) atoms. The quantitative estimate of drug-likeness (QED) is 0.579. The third kappa shape index (κ3) is 1.96. The Morgan fingerprint density at radius 3 is 2.53 bits per heavy atom. The molecule has 0 saturated heterocycles. The number of aromatic nitrogens is 3. The molecular weight excluding hydrogens is 216 g/mol. The Bertz CT molecular complexity index is 366. The number of nitrogens with zero attached hydrogens (tertiary/aromatic N) is 4. The lowest BCUT2D eigenvalue weighted by Crippen LogP contribution is -2.54. The fourth-order valence-electron chi connectivity index (χ4n) is 3.06. The summed E-state index contributed by atoms with van der Waals surface area (Å²) in [6, 6.07) is 0.0694. The first-order valence-electron chi connectivity index (χ1n) is 6.10. The van der Waals surface area contributed by atoms with Gasteiger partial charge < -0.3 is 4.90 Å². The smallest absolute Gasteiger partial charge is 0.0828 e. The number of nitrogens with two attached hydrogens (primary N) is 1. The Labute approximate surface area is 102 Å². The molecule has 1 aromatic rings. The molecule has 1 heterocycles. The van der Waals surface area contributed by atoms with Gasteiger partial charge in [0.1, 0.15) is 0 Å². The predicted octanol–water partition coefficient (Wildman–Crippen LogP) is 0.194. The van der Waals surface area contributed by atoms with Gasteiger partial charge in [0.15, 0.2) is 0 Å². The molecule has 1 aliphatic carbocycles. The van der Waals surface area contributed by atoms with Gasteiger partial charge in [0.25, 0.3) is 0 Å². The molecule has 0 aliphatic heterocycles. The van der Waals surface area contributed by atoms with E-state index in [1.807, 2.05) is 7.05 Å². The molecule has 0 amide bonds. The maximum absolute atomic E-state index is 5.79. The molecule has 1 unspecified atom stereocenters. The van der Waals surface area contributed by atoms with E-state index >= 15 is 0 Å². The minimum atomic E-state index is 0.0694. The number of hydrazine groups is 1. The highest BCUT2D eigenvalue weighted by atomic mass is 15.4. The van der Waals surface area contributed by atoms with Crippen molar-refractivity contribution in [3.63, 3.8) is 0 Å². The zero-order chi connectivity index (χ0) is 12.5. The van der Waals surface area contributed by atoms with Crippen molar-refractivity contribution in [2.75, 3.05) is 14.1 Å². The van der Waals surface area contributed by atoms with E-state index in [9.17, 15) is 0 Å². The molecule has 1 aromatic heterocycles. The topological polar surface area (TPSA) is 72.0 Å². The van der Waals surface area contributed by atoms with E-state index in [0.717, 1.165) is 18.5 Å². The Kier molecular flexibility index (Phi) is 3.46. The zero-order valence-electron chi connectivity index (χ0n) is 10.8. The number of likely N-dealkylation sites (N-methyl/N-ethyl adjacent to an activating group) is 1. The Morgan fingerprint density at radius 1 is 1.47 bits per heavy atom. The zero-order valence-corrected chi connectivity index (χ0v) is 10.8. The second-order valence-electron chi connectivity index (χ2n) is 5.09. The van der Waals surface area contributed by atoms with Crippen LogP contribution in [-0.4, -0.2) is 39.5 Å². The fraction of sp³-hybridized carbons (Fsp3) is 0.818. The molecule has 6 nitrogen and oxygen atoms in total. The van der Waals surface area contributed by atoms with Crippen molar-refractivity contribution >= 4 is 0 Å². The molecule has 1 saturated carbocycles. The fourth-order valence-corrected chi connectivity index (χ4v) is 3.06. The highest BCUT2D eigenvalue weighted by Crippen LogP contribution is 2.42. The van der Waals surface area contributed by atoms with Crippen LogP contribution in [0.15, 0.2) is 6.20 Å². The molecule has 2 rings (SSSR count). The first-order valence-corrected chi connectivity index (χ1v) is 6.10. The van der Waals surface area contributed by atoms with Gasteiger partial charge in [-0.1, -0.05) is 18.1 Å². The maximum atomic E-state index is 5.79. The third-order valence-electron chi connectivity index (χ3n) is 4.11. The summed E-state index contributed by atoms with van der Waals surface area (Å²) in [5.41, 5.74) is 4.09. The summed E-state index contributed by atoms with van der Waals surface area (Å²) in [4.78, 5) is 2.29. The summed E-state index contributed by atoms with van der Waals surface area (Å²) in [5, 5.41) is 7.95. The van der Waals surface area contributed by atoms with Crippen LogP contribution in [0.4, 0.5) is 0 Å². The highest BCUT2D eigenvalue weighted by molar-refractivity contribution is 5.14. The number of hydrogen-bond acceptors (Lipinski definition) is 5. The molecule has 1 aliphatic rings. The lowest BCUT2D eigenvalue weighted by atomic mass is 9.85. The normalized spacial score (nSPS) is 21.0. The van der Waals surface area contributed by atoms with E-state index in [2.05, 4.69) is 34.7 Å². The van der Waals surface area contributed by atoms with Crippen molar-refractivity contribution in [3.05, 3.63) is 11.9 Å². The number of rotatable bonds is 4. The number of aryl methyl sites for hydroxylation is 1. The third-order valence-corrected chi connectivity index (χ3v) is 4.11. The van der Waals surface area contributed by atoms with Gasteiger partial charge in [0, 0.05) is 12.6 Å². The molecule has 3 N–H and O–H groups in total. The largest absolute Gasteiger partial charge is 0.302 e. The first kappa shape index (κ1) is 12.5. The molecule has 0 aromatic carbocycles. The molecule has 96 valence electrons. The summed E-state index contributed by atoms with van der Waals surface area (Å²) in [5.74, 6) is 5.79. The van der Waals surface area contributed by atoms with Crippen molar-refractivity contribution in [1.82, 2.24) is 25.3 Å².